The van der Waals surface area contributed by atoms with Crippen molar-refractivity contribution < 1.29 is 22.2 Å². The molecule has 60 valence electrons. The van der Waals surface area contributed by atoms with Crippen molar-refractivity contribution in [3.8, 4) is 0 Å². The average Bonchev–Trinajstić information content (AvgIpc) is 2.32. The molecule has 0 atom stereocenters. The molecule has 0 aromatic carbocycles. The number of carbonyl (C=O) groups is 1. The van der Waals surface area contributed by atoms with Crippen LogP contribution in [-0.2, 0) is 0 Å². The van der Waals surface area contributed by atoms with Gasteiger partial charge in [-0.1, -0.05) is 0 Å². The normalized spacial score (nSPS) is 11.5. The van der Waals surface area contributed by atoms with Crippen molar-refractivity contribution >= 4 is 18.9 Å². The van der Waals surface area contributed by atoms with Gasteiger partial charge in [0.2, 0.25) is 0 Å². The second-order valence-electron chi connectivity index (χ2n) is 1.98. The standard InChI is InChI=1S/C5H3BF3O2/c7-6(8,9)5-1-4(2-10)3-11-5/h1-3H/q-1. The predicted octanol–water partition coefficient (Wildman–Crippen LogP) is 1.15. The monoisotopic (exact) mass is 163 g/mol. The van der Waals surface area contributed by atoms with Gasteiger partial charge in [-0.15, -0.1) is 0 Å². The molecule has 0 spiro atoms. The van der Waals surface area contributed by atoms with Crippen molar-refractivity contribution in [1.29, 1.82) is 0 Å². The van der Waals surface area contributed by atoms with E-state index in [4.69, 9.17) is 0 Å². The summed E-state index contributed by atoms with van der Waals surface area (Å²) in [5.74, 6) is 0. The third kappa shape index (κ3) is 1.63. The predicted molar refractivity (Wildman–Crippen MR) is 32.8 cm³/mol. The van der Waals surface area contributed by atoms with Crippen molar-refractivity contribution in [3.63, 3.8) is 0 Å². The summed E-state index contributed by atoms with van der Waals surface area (Å²) in [6, 6.07) is 0.674. The SMILES string of the molecule is O=Cc1coc([B-](F)(F)F)c1. The number of hydrogen-bond donors (Lipinski definition) is 0. The lowest BCUT2D eigenvalue weighted by Crippen LogP contribution is -2.32. The molecular formula is C5H3BF3O2-. The van der Waals surface area contributed by atoms with Crippen LogP contribution in [0.25, 0.3) is 0 Å². The van der Waals surface area contributed by atoms with Gasteiger partial charge in [-0.05, 0) is 6.07 Å². The summed E-state index contributed by atoms with van der Waals surface area (Å²) in [4.78, 5) is 9.93. The Morgan fingerprint density at radius 3 is 2.36 bits per heavy atom. The Kier molecular flexibility index (Phi) is 1.76. The molecule has 1 aromatic heterocycles. The van der Waals surface area contributed by atoms with Crippen LogP contribution in [-0.4, -0.2) is 13.3 Å². The van der Waals surface area contributed by atoms with Crippen LogP contribution in [0.3, 0.4) is 0 Å². The fraction of sp³-hybridized carbons (Fsp3) is 0. The second-order valence-corrected chi connectivity index (χ2v) is 1.98. The molecular weight excluding hydrogens is 160 g/mol. The van der Waals surface area contributed by atoms with E-state index in [9.17, 15) is 17.7 Å². The molecule has 0 N–H and O–H groups in total. The highest BCUT2D eigenvalue weighted by Crippen LogP contribution is 2.10. The van der Waals surface area contributed by atoms with Crippen molar-refractivity contribution in [2.24, 2.45) is 0 Å². The van der Waals surface area contributed by atoms with E-state index in [1.165, 1.54) is 0 Å². The van der Waals surface area contributed by atoms with E-state index in [1.807, 2.05) is 0 Å². The quantitative estimate of drug-likeness (QED) is 0.483. The first-order valence-electron chi connectivity index (χ1n) is 2.77. The van der Waals surface area contributed by atoms with Crippen LogP contribution in [0.2, 0.25) is 0 Å². The maximum Gasteiger partial charge on any atom is 0.544 e. The zero-order valence-electron chi connectivity index (χ0n) is 5.26. The number of rotatable bonds is 2. The lowest BCUT2D eigenvalue weighted by Gasteiger charge is -2.08. The minimum absolute atomic E-state index is 0.0980. The average molecular weight is 163 g/mol. The number of aldehydes is 1. The van der Waals surface area contributed by atoms with E-state index >= 15 is 0 Å². The maximum absolute atomic E-state index is 11.8. The van der Waals surface area contributed by atoms with E-state index in [-0.39, 0.29) is 5.56 Å². The van der Waals surface area contributed by atoms with Gasteiger partial charge in [0.05, 0.1) is 6.26 Å². The van der Waals surface area contributed by atoms with Gasteiger partial charge in [-0.3, -0.25) is 4.79 Å². The van der Waals surface area contributed by atoms with Crippen molar-refractivity contribution in [3.05, 3.63) is 17.9 Å². The zero-order chi connectivity index (χ0) is 8.48. The van der Waals surface area contributed by atoms with E-state index in [1.54, 1.807) is 0 Å². The molecule has 0 amide bonds. The van der Waals surface area contributed by atoms with Gasteiger partial charge in [-0.2, -0.15) is 0 Å². The Hall–Kier alpha value is -1.20. The molecule has 1 aromatic rings. The van der Waals surface area contributed by atoms with Crippen LogP contribution in [0, 0.1) is 0 Å². The highest BCUT2D eigenvalue weighted by Gasteiger charge is 2.29. The van der Waals surface area contributed by atoms with Gasteiger partial charge in [-0.25, -0.2) is 0 Å². The zero-order valence-corrected chi connectivity index (χ0v) is 5.26. The lowest BCUT2D eigenvalue weighted by atomic mass is 9.87. The van der Waals surface area contributed by atoms with Gasteiger partial charge in [0.1, 0.15) is 0 Å². The molecule has 0 aliphatic heterocycles. The smallest absolute Gasteiger partial charge is 0.500 e. The van der Waals surface area contributed by atoms with Crippen molar-refractivity contribution in [2.45, 2.75) is 0 Å². The molecule has 1 heterocycles. The molecule has 0 saturated heterocycles. The highest BCUT2D eigenvalue weighted by atomic mass is 19.4. The second kappa shape index (κ2) is 2.45. The molecule has 0 unspecified atom stereocenters. The molecule has 1 rings (SSSR count). The molecule has 0 fully saturated rings. The fourth-order valence-electron chi connectivity index (χ4n) is 0.602. The summed E-state index contributed by atoms with van der Waals surface area (Å²) < 4.78 is 39.5. The number of furan rings is 1. The number of carbonyl (C=O) groups excluding carboxylic acids is 1. The third-order valence-electron chi connectivity index (χ3n) is 1.10. The van der Waals surface area contributed by atoms with Crippen LogP contribution in [0.15, 0.2) is 16.7 Å². The molecule has 2 nitrogen and oxygen atoms in total. The number of halogens is 3. The van der Waals surface area contributed by atoms with Crippen LogP contribution in [0.4, 0.5) is 12.9 Å². The summed E-state index contributed by atoms with van der Waals surface area (Å²) in [6.07, 6.45) is 1.08. The largest absolute Gasteiger partial charge is 0.544 e. The van der Waals surface area contributed by atoms with Gasteiger partial charge in [0.25, 0.3) is 0 Å². The first kappa shape index (κ1) is 7.91. The molecule has 6 heteroatoms. The molecule has 0 radical (unpaired) electrons. The number of hydrogen-bond acceptors (Lipinski definition) is 2. The Morgan fingerprint density at radius 1 is 1.45 bits per heavy atom. The summed E-state index contributed by atoms with van der Waals surface area (Å²) in [7, 11) is 0. The van der Waals surface area contributed by atoms with Crippen molar-refractivity contribution in [2.75, 3.05) is 0 Å². The van der Waals surface area contributed by atoms with E-state index in [0.29, 0.717) is 12.4 Å². The topological polar surface area (TPSA) is 30.2 Å². The van der Waals surface area contributed by atoms with Crippen LogP contribution < -0.4 is 5.66 Å². The molecule has 0 aliphatic rings. The first-order chi connectivity index (χ1) is 5.04. The molecule has 0 saturated carbocycles. The van der Waals surface area contributed by atoms with Gasteiger partial charge in [0.15, 0.2) is 6.29 Å². The van der Waals surface area contributed by atoms with E-state index in [0.717, 1.165) is 6.26 Å². The molecule has 0 aliphatic carbocycles. The minimum Gasteiger partial charge on any atom is -0.500 e. The van der Waals surface area contributed by atoms with Gasteiger partial charge in [0, 0.05) is 11.2 Å². The van der Waals surface area contributed by atoms with Crippen molar-refractivity contribution in [1.82, 2.24) is 0 Å². The van der Waals surface area contributed by atoms with Gasteiger partial charge >= 0.3 is 6.98 Å². The molecule has 0 bridgehead atoms. The Morgan fingerprint density at radius 2 is 2.09 bits per heavy atom. The molecule has 11 heavy (non-hydrogen) atoms. The lowest BCUT2D eigenvalue weighted by molar-refractivity contribution is 0.112. The third-order valence-corrected chi connectivity index (χ3v) is 1.10. The fourth-order valence-corrected chi connectivity index (χ4v) is 0.602. The van der Waals surface area contributed by atoms with Crippen LogP contribution in [0.5, 0.6) is 0 Å². The first-order valence-corrected chi connectivity index (χ1v) is 2.77. The Bertz CT molecular complexity index is 265. The highest BCUT2D eigenvalue weighted by molar-refractivity contribution is 6.72. The van der Waals surface area contributed by atoms with E-state index < -0.39 is 12.6 Å². The summed E-state index contributed by atoms with van der Waals surface area (Å²) in [5, 5.41) is 0. The summed E-state index contributed by atoms with van der Waals surface area (Å²) >= 11 is 0. The summed E-state index contributed by atoms with van der Waals surface area (Å²) in [6.45, 7) is -5.12. The summed E-state index contributed by atoms with van der Waals surface area (Å²) in [5.41, 5.74) is -1.19. The maximum atomic E-state index is 11.8. The van der Waals surface area contributed by atoms with Gasteiger partial charge < -0.3 is 17.4 Å². The minimum atomic E-state index is -5.12. The Balaban J connectivity index is 2.98. The van der Waals surface area contributed by atoms with Crippen LogP contribution >= 0.6 is 0 Å². The van der Waals surface area contributed by atoms with Crippen LogP contribution in [0.1, 0.15) is 10.4 Å². The Labute approximate surface area is 60.1 Å². The van der Waals surface area contributed by atoms with E-state index in [2.05, 4.69) is 4.42 Å².